The van der Waals surface area contributed by atoms with Crippen molar-refractivity contribution in [3.8, 4) is 6.07 Å². The standard InChI is InChI=1S/C14H13Cl2N3/c1-9(2)13-12(7-17)14(16)19(18-13)8-10-4-3-5-11(15)6-10/h3-6,9H,8H2,1-2H3. The molecule has 1 heterocycles. The highest BCUT2D eigenvalue weighted by molar-refractivity contribution is 6.31. The molecule has 19 heavy (non-hydrogen) atoms. The minimum absolute atomic E-state index is 0.160. The molecule has 2 rings (SSSR count). The quantitative estimate of drug-likeness (QED) is 0.850. The molecule has 1 aromatic carbocycles. The average Bonchev–Trinajstić information content (AvgIpc) is 2.66. The summed E-state index contributed by atoms with van der Waals surface area (Å²) in [5.41, 5.74) is 2.19. The van der Waals surface area contributed by atoms with E-state index in [0.29, 0.717) is 22.3 Å². The predicted octanol–water partition coefficient (Wildman–Crippen LogP) is 4.23. The molecule has 0 saturated carbocycles. The zero-order valence-electron chi connectivity index (χ0n) is 10.7. The summed E-state index contributed by atoms with van der Waals surface area (Å²) in [6.45, 7) is 4.48. The maximum Gasteiger partial charge on any atom is 0.145 e. The van der Waals surface area contributed by atoms with Gasteiger partial charge in [-0.05, 0) is 23.6 Å². The molecule has 0 aliphatic carbocycles. The van der Waals surface area contributed by atoms with Gasteiger partial charge in [0.2, 0.25) is 0 Å². The van der Waals surface area contributed by atoms with Gasteiger partial charge < -0.3 is 0 Å². The Labute approximate surface area is 122 Å². The molecule has 0 aliphatic rings. The maximum absolute atomic E-state index is 9.16. The van der Waals surface area contributed by atoms with Gasteiger partial charge in [-0.2, -0.15) is 10.4 Å². The van der Waals surface area contributed by atoms with Crippen molar-refractivity contribution in [3.63, 3.8) is 0 Å². The van der Waals surface area contributed by atoms with E-state index in [1.54, 1.807) is 4.68 Å². The van der Waals surface area contributed by atoms with Crippen molar-refractivity contribution in [2.75, 3.05) is 0 Å². The Morgan fingerprint density at radius 3 is 2.63 bits per heavy atom. The van der Waals surface area contributed by atoms with Crippen LogP contribution in [0.15, 0.2) is 24.3 Å². The summed E-state index contributed by atoms with van der Waals surface area (Å²) in [5, 5.41) is 14.6. The van der Waals surface area contributed by atoms with Crippen LogP contribution in [-0.2, 0) is 6.54 Å². The van der Waals surface area contributed by atoms with Crippen molar-refractivity contribution in [3.05, 3.63) is 51.3 Å². The largest absolute Gasteiger partial charge is 0.248 e. The summed E-state index contributed by atoms with van der Waals surface area (Å²) in [4.78, 5) is 0. The highest BCUT2D eigenvalue weighted by Gasteiger charge is 2.18. The Morgan fingerprint density at radius 1 is 1.37 bits per heavy atom. The molecule has 2 aromatic rings. The van der Waals surface area contributed by atoms with Gasteiger partial charge in [0.25, 0.3) is 0 Å². The van der Waals surface area contributed by atoms with Crippen LogP contribution < -0.4 is 0 Å². The van der Waals surface area contributed by atoms with Gasteiger partial charge in [-0.15, -0.1) is 0 Å². The first-order valence-corrected chi connectivity index (χ1v) is 6.69. The monoisotopic (exact) mass is 293 g/mol. The lowest BCUT2D eigenvalue weighted by molar-refractivity contribution is 0.658. The van der Waals surface area contributed by atoms with Gasteiger partial charge in [-0.25, -0.2) is 4.68 Å². The Hall–Kier alpha value is -1.50. The van der Waals surface area contributed by atoms with Gasteiger partial charge in [0.1, 0.15) is 16.8 Å². The average molecular weight is 294 g/mol. The van der Waals surface area contributed by atoms with E-state index in [-0.39, 0.29) is 5.92 Å². The van der Waals surface area contributed by atoms with Crippen molar-refractivity contribution in [1.82, 2.24) is 9.78 Å². The number of rotatable bonds is 3. The van der Waals surface area contributed by atoms with Gasteiger partial charge in [0.05, 0.1) is 12.2 Å². The molecule has 0 fully saturated rings. The van der Waals surface area contributed by atoms with Crippen LogP contribution in [0.4, 0.5) is 0 Å². The molecule has 0 spiro atoms. The van der Waals surface area contributed by atoms with Crippen LogP contribution in [0.5, 0.6) is 0 Å². The van der Waals surface area contributed by atoms with Gasteiger partial charge in [0, 0.05) is 5.02 Å². The van der Waals surface area contributed by atoms with Crippen molar-refractivity contribution in [2.45, 2.75) is 26.3 Å². The van der Waals surface area contributed by atoms with E-state index in [2.05, 4.69) is 11.2 Å². The molecule has 98 valence electrons. The second kappa shape index (κ2) is 5.64. The molecule has 0 amide bonds. The Morgan fingerprint density at radius 2 is 2.11 bits per heavy atom. The molecule has 0 atom stereocenters. The summed E-state index contributed by atoms with van der Waals surface area (Å²) in [5.74, 6) is 0.160. The number of halogens is 2. The first-order chi connectivity index (χ1) is 9.02. The number of benzene rings is 1. The van der Waals surface area contributed by atoms with E-state index < -0.39 is 0 Å². The lowest BCUT2D eigenvalue weighted by Gasteiger charge is -2.04. The summed E-state index contributed by atoms with van der Waals surface area (Å²) in [6, 6.07) is 9.63. The molecule has 0 N–H and O–H groups in total. The Kier molecular flexibility index (Phi) is 4.14. The molecular weight excluding hydrogens is 281 g/mol. The topological polar surface area (TPSA) is 41.6 Å². The lowest BCUT2D eigenvalue weighted by Crippen LogP contribution is -2.02. The Balaban J connectivity index is 2.39. The third-order valence-electron chi connectivity index (χ3n) is 2.80. The number of nitriles is 1. The number of aromatic nitrogens is 2. The van der Waals surface area contributed by atoms with Gasteiger partial charge >= 0.3 is 0 Å². The minimum Gasteiger partial charge on any atom is -0.248 e. The summed E-state index contributed by atoms with van der Waals surface area (Å²) < 4.78 is 1.64. The van der Waals surface area contributed by atoms with Crippen LogP contribution in [0.3, 0.4) is 0 Å². The minimum atomic E-state index is 0.160. The van der Waals surface area contributed by atoms with Crippen LogP contribution in [0, 0.1) is 11.3 Å². The van der Waals surface area contributed by atoms with Crippen molar-refractivity contribution < 1.29 is 0 Å². The molecule has 0 aliphatic heterocycles. The lowest BCUT2D eigenvalue weighted by atomic mass is 10.1. The summed E-state index contributed by atoms with van der Waals surface area (Å²) in [7, 11) is 0. The number of nitrogens with zero attached hydrogens (tertiary/aromatic N) is 3. The van der Waals surface area contributed by atoms with E-state index in [4.69, 9.17) is 28.5 Å². The molecule has 0 saturated heterocycles. The normalized spacial score (nSPS) is 10.7. The highest BCUT2D eigenvalue weighted by atomic mass is 35.5. The predicted molar refractivity (Wildman–Crippen MR) is 76.6 cm³/mol. The molecule has 3 nitrogen and oxygen atoms in total. The van der Waals surface area contributed by atoms with Crippen LogP contribution >= 0.6 is 23.2 Å². The van der Waals surface area contributed by atoms with Crippen LogP contribution in [0.2, 0.25) is 10.2 Å². The van der Waals surface area contributed by atoms with Gasteiger partial charge in [0.15, 0.2) is 0 Å². The highest BCUT2D eigenvalue weighted by Crippen LogP contribution is 2.26. The SMILES string of the molecule is CC(C)c1nn(Cc2cccc(Cl)c2)c(Cl)c1C#N. The van der Waals surface area contributed by atoms with E-state index in [1.165, 1.54) is 0 Å². The van der Waals surface area contributed by atoms with Crippen LogP contribution in [-0.4, -0.2) is 9.78 Å². The third kappa shape index (κ3) is 2.91. The van der Waals surface area contributed by atoms with Crippen molar-refractivity contribution in [1.29, 1.82) is 5.26 Å². The smallest absolute Gasteiger partial charge is 0.145 e. The van der Waals surface area contributed by atoms with Gasteiger partial charge in [-0.3, -0.25) is 0 Å². The summed E-state index contributed by atoms with van der Waals surface area (Å²) >= 11 is 12.2. The van der Waals surface area contributed by atoms with Crippen molar-refractivity contribution in [2.24, 2.45) is 0 Å². The second-order valence-corrected chi connectivity index (χ2v) is 5.40. The Bertz CT molecular complexity index is 639. The van der Waals surface area contributed by atoms with Crippen LogP contribution in [0.1, 0.15) is 36.6 Å². The number of hydrogen-bond donors (Lipinski definition) is 0. The molecule has 5 heteroatoms. The van der Waals surface area contributed by atoms with E-state index in [0.717, 1.165) is 11.3 Å². The van der Waals surface area contributed by atoms with Crippen LogP contribution in [0.25, 0.3) is 0 Å². The summed E-state index contributed by atoms with van der Waals surface area (Å²) in [6.07, 6.45) is 0. The first kappa shape index (κ1) is 13.9. The molecule has 0 radical (unpaired) electrons. The number of hydrogen-bond acceptors (Lipinski definition) is 2. The van der Waals surface area contributed by atoms with Crippen molar-refractivity contribution >= 4 is 23.2 Å². The molecule has 1 aromatic heterocycles. The van der Waals surface area contributed by atoms with E-state index in [1.807, 2.05) is 38.1 Å². The maximum atomic E-state index is 9.16. The second-order valence-electron chi connectivity index (χ2n) is 4.61. The first-order valence-electron chi connectivity index (χ1n) is 5.93. The van der Waals surface area contributed by atoms with Gasteiger partial charge in [-0.1, -0.05) is 49.2 Å². The molecular formula is C14H13Cl2N3. The molecule has 0 bridgehead atoms. The zero-order chi connectivity index (χ0) is 14.0. The fourth-order valence-corrected chi connectivity index (χ4v) is 2.33. The fraction of sp³-hybridized carbons (Fsp3) is 0.286. The molecule has 0 unspecified atom stereocenters. The van der Waals surface area contributed by atoms with E-state index >= 15 is 0 Å². The van der Waals surface area contributed by atoms with E-state index in [9.17, 15) is 0 Å². The zero-order valence-corrected chi connectivity index (χ0v) is 12.2. The fourth-order valence-electron chi connectivity index (χ4n) is 1.88. The third-order valence-corrected chi connectivity index (χ3v) is 3.42.